The lowest BCUT2D eigenvalue weighted by Gasteiger charge is -1.99. The van der Waals surface area contributed by atoms with Crippen LogP contribution in [0.5, 0.6) is 0 Å². The summed E-state index contributed by atoms with van der Waals surface area (Å²) in [6.45, 7) is 1.20. The van der Waals surface area contributed by atoms with Crippen molar-refractivity contribution < 1.29 is 13.4 Å². The highest BCUT2D eigenvalue weighted by Crippen LogP contribution is 2.18. The Kier molecular flexibility index (Phi) is 8.91. The van der Waals surface area contributed by atoms with Gasteiger partial charge < -0.3 is 10.1 Å². The van der Waals surface area contributed by atoms with Crippen LogP contribution in [-0.2, 0) is 22.7 Å². The van der Waals surface area contributed by atoms with Crippen molar-refractivity contribution in [1.82, 2.24) is 5.32 Å². The fourth-order valence-electron chi connectivity index (χ4n) is 1.56. The first-order chi connectivity index (χ1) is 10.3. The Hall–Kier alpha value is -1.85. The molecule has 0 aliphatic heterocycles. The van der Waals surface area contributed by atoms with Gasteiger partial charge in [0.25, 0.3) is 0 Å². The van der Waals surface area contributed by atoms with Crippen molar-refractivity contribution >= 4 is 18.6 Å². The lowest BCUT2D eigenvalue weighted by Crippen LogP contribution is -2.09. The van der Waals surface area contributed by atoms with E-state index >= 15 is 0 Å². The van der Waals surface area contributed by atoms with E-state index in [1.807, 2.05) is 30.3 Å². The number of amides is 1. The van der Waals surface area contributed by atoms with Crippen molar-refractivity contribution in [3.05, 3.63) is 65.7 Å². The number of methoxy groups -OCH3 is 1. The third-order valence-corrected chi connectivity index (χ3v) is 3.01. The fraction of sp³-hybridized carbons (Fsp3) is 0.188. The molecular formula is C16H18FNO2S. The van der Waals surface area contributed by atoms with E-state index in [1.54, 1.807) is 31.4 Å². The monoisotopic (exact) mass is 307 g/mol. The van der Waals surface area contributed by atoms with Gasteiger partial charge in [0, 0.05) is 18.6 Å². The Morgan fingerprint density at radius 2 is 1.76 bits per heavy atom. The summed E-state index contributed by atoms with van der Waals surface area (Å²) in [4.78, 5) is 10.5. The van der Waals surface area contributed by atoms with Crippen LogP contribution in [0.2, 0.25) is 0 Å². The Morgan fingerprint density at radius 1 is 1.10 bits per heavy atom. The van der Waals surface area contributed by atoms with Crippen LogP contribution in [0.1, 0.15) is 11.1 Å². The van der Waals surface area contributed by atoms with Crippen molar-refractivity contribution in [1.29, 1.82) is 0 Å². The number of hydrogen-bond donors (Lipinski definition) is 1. The first-order valence-electron chi connectivity index (χ1n) is 6.37. The number of rotatable bonds is 6. The van der Waals surface area contributed by atoms with Gasteiger partial charge in [0.2, 0.25) is 6.41 Å². The maximum Gasteiger partial charge on any atom is 0.207 e. The average molecular weight is 307 g/mol. The highest BCUT2D eigenvalue weighted by atomic mass is 32.2. The Bertz CT molecular complexity index is 505. The van der Waals surface area contributed by atoms with E-state index in [-0.39, 0.29) is 12.1 Å². The van der Waals surface area contributed by atoms with Gasteiger partial charge in [-0.1, -0.05) is 42.5 Å². The zero-order valence-electron chi connectivity index (χ0n) is 11.8. The van der Waals surface area contributed by atoms with E-state index < -0.39 is 0 Å². The van der Waals surface area contributed by atoms with Crippen molar-refractivity contribution in [3.63, 3.8) is 0 Å². The summed E-state index contributed by atoms with van der Waals surface area (Å²) in [6, 6.07) is 17.0. The topological polar surface area (TPSA) is 38.3 Å². The molecule has 0 radical (unpaired) electrons. The van der Waals surface area contributed by atoms with Gasteiger partial charge in [0.15, 0.2) is 0 Å². The standard InChI is InChI=1S/C8H8FNOS.C8H10O/c9-12-8-3-1-7(2-4-8)5-10-6-11;1-9-7-8-5-3-2-4-6-8/h1-4,6H,5H2,(H,10,11);2-6H,7H2,1H3. The second kappa shape index (κ2) is 10.9. The van der Waals surface area contributed by atoms with Gasteiger partial charge >= 0.3 is 0 Å². The summed E-state index contributed by atoms with van der Waals surface area (Å²) in [5, 5.41) is 2.52. The molecule has 0 unspecified atom stereocenters. The van der Waals surface area contributed by atoms with Gasteiger partial charge in [-0.05, 0) is 23.3 Å². The van der Waals surface area contributed by atoms with Crippen LogP contribution in [0.25, 0.3) is 0 Å². The zero-order valence-corrected chi connectivity index (χ0v) is 12.6. The number of hydrogen-bond acceptors (Lipinski definition) is 3. The molecule has 21 heavy (non-hydrogen) atoms. The minimum absolute atomic E-state index is 0.211. The summed E-state index contributed by atoms with van der Waals surface area (Å²) in [7, 11) is 1.70. The molecule has 0 bridgehead atoms. The van der Waals surface area contributed by atoms with Gasteiger partial charge in [-0.3, -0.25) is 4.79 Å². The molecule has 0 saturated heterocycles. The molecule has 2 rings (SSSR count). The summed E-state index contributed by atoms with van der Waals surface area (Å²) in [5.41, 5.74) is 2.18. The van der Waals surface area contributed by atoms with E-state index in [2.05, 4.69) is 5.32 Å². The van der Waals surface area contributed by atoms with Crippen LogP contribution < -0.4 is 5.32 Å². The van der Waals surface area contributed by atoms with Gasteiger partial charge in [0.05, 0.1) is 18.8 Å². The lowest BCUT2D eigenvalue weighted by atomic mass is 10.2. The molecule has 0 heterocycles. The maximum absolute atomic E-state index is 12.0. The molecule has 0 aliphatic carbocycles. The number of nitrogens with one attached hydrogen (secondary N) is 1. The van der Waals surface area contributed by atoms with Crippen LogP contribution in [-0.4, -0.2) is 13.5 Å². The SMILES string of the molecule is COCc1ccccc1.O=CNCc1ccc(SF)cc1. The molecular weight excluding hydrogens is 289 g/mol. The number of carbonyl (C=O) groups excluding carboxylic acids is 1. The fourth-order valence-corrected chi connectivity index (χ4v) is 1.80. The van der Waals surface area contributed by atoms with Crippen LogP contribution >= 0.6 is 12.1 Å². The molecule has 0 saturated carbocycles. The molecule has 0 fully saturated rings. The number of ether oxygens (including phenoxy) is 1. The van der Waals surface area contributed by atoms with Gasteiger partial charge in [0.1, 0.15) is 0 Å². The molecule has 0 spiro atoms. The number of halogens is 1. The molecule has 112 valence electrons. The van der Waals surface area contributed by atoms with E-state index in [0.717, 1.165) is 5.56 Å². The van der Waals surface area contributed by atoms with Crippen molar-refractivity contribution in [2.75, 3.05) is 7.11 Å². The van der Waals surface area contributed by atoms with Gasteiger partial charge in [-0.15, -0.1) is 0 Å². The summed E-state index contributed by atoms with van der Waals surface area (Å²) in [6.07, 6.45) is 0.637. The number of benzene rings is 2. The highest BCUT2D eigenvalue weighted by molar-refractivity contribution is 7.94. The molecule has 3 nitrogen and oxygen atoms in total. The van der Waals surface area contributed by atoms with Crippen molar-refractivity contribution in [2.24, 2.45) is 0 Å². The highest BCUT2D eigenvalue weighted by Gasteiger charge is 1.93. The molecule has 2 aromatic carbocycles. The van der Waals surface area contributed by atoms with Crippen LogP contribution in [0, 0.1) is 0 Å². The van der Waals surface area contributed by atoms with Crippen molar-refractivity contribution in [3.8, 4) is 0 Å². The minimum Gasteiger partial charge on any atom is -0.380 e. The third kappa shape index (κ3) is 7.48. The van der Waals surface area contributed by atoms with Crippen LogP contribution in [0.3, 0.4) is 0 Å². The first kappa shape index (κ1) is 17.2. The lowest BCUT2D eigenvalue weighted by molar-refractivity contribution is -0.109. The Balaban J connectivity index is 0.000000219. The van der Waals surface area contributed by atoms with Crippen molar-refractivity contribution in [2.45, 2.75) is 18.0 Å². The quantitative estimate of drug-likeness (QED) is 0.826. The normalized spacial score (nSPS) is 9.43. The zero-order chi connectivity index (χ0) is 15.3. The molecule has 1 amide bonds. The maximum atomic E-state index is 12.0. The van der Waals surface area contributed by atoms with Crippen LogP contribution in [0.15, 0.2) is 59.5 Å². The largest absolute Gasteiger partial charge is 0.380 e. The molecule has 0 atom stereocenters. The molecule has 0 aromatic heterocycles. The second-order valence-corrected chi connectivity index (χ2v) is 4.76. The van der Waals surface area contributed by atoms with Gasteiger partial charge in [-0.2, -0.15) is 3.89 Å². The second-order valence-electron chi connectivity index (χ2n) is 4.14. The predicted molar refractivity (Wildman–Crippen MR) is 83.5 cm³/mol. The van der Waals surface area contributed by atoms with Gasteiger partial charge in [-0.25, -0.2) is 0 Å². The number of carbonyl (C=O) groups is 1. The minimum atomic E-state index is 0.211. The first-order valence-corrected chi connectivity index (χ1v) is 7.09. The summed E-state index contributed by atoms with van der Waals surface area (Å²) >= 11 is 0.211. The smallest absolute Gasteiger partial charge is 0.207 e. The molecule has 5 heteroatoms. The molecule has 0 aliphatic rings. The predicted octanol–water partition coefficient (Wildman–Crippen LogP) is 3.74. The van der Waals surface area contributed by atoms with E-state index in [4.69, 9.17) is 4.74 Å². The van der Waals surface area contributed by atoms with Crippen LogP contribution in [0.4, 0.5) is 3.89 Å². The average Bonchev–Trinajstić information content (AvgIpc) is 2.55. The van der Waals surface area contributed by atoms with E-state index in [9.17, 15) is 8.68 Å². The summed E-state index contributed by atoms with van der Waals surface area (Å²) in [5.74, 6) is 0. The van der Waals surface area contributed by atoms with E-state index in [0.29, 0.717) is 24.5 Å². The Labute approximate surface area is 128 Å². The summed E-state index contributed by atoms with van der Waals surface area (Å²) < 4.78 is 16.9. The molecule has 2 aromatic rings. The van der Waals surface area contributed by atoms with E-state index in [1.165, 1.54) is 5.56 Å². The molecule has 1 N–H and O–H groups in total. The Morgan fingerprint density at radius 3 is 2.29 bits per heavy atom. The third-order valence-electron chi connectivity index (χ3n) is 2.56.